The fourth-order valence-corrected chi connectivity index (χ4v) is 1.49. The van der Waals surface area contributed by atoms with Crippen LogP contribution in [0.3, 0.4) is 0 Å². The first-order chi connectivity index (χ1) is 8.61. The molecule has 0 amide bonds. The van der Waals surface area contributed by atoms with Crippen LogP contribution in [-0.2, 0) is 0 Å². The van der Waals surface area contributed by atoms with Crippen molar-refractivity contribution < 1.29 is 14.3 Å². The highest BCUT2D eigenvalue weighted by Crippen LogP contribution is 2.20. The molecule has 5 heteroatoms. The molecule has 1 aromatic carbocycles. The van der Waals surface area contributed by atoms with Crippen molar-refractivity contribution in [3.63, 3.8) is 0 Å². The minimum Gasteiger partial charge on any atom is -0.478 e. The Kier molecular flexibility index (Phi) is 3.02. The van der Waals surface area contributed by atoms with E-state index in [9.17, 15) is 9.18 Å². The Balaban J connectivity index is 2.52. The normalized spacial score (nSPS) is 9.78. The Labute approximate surface area is 102 Å². The van der Waals surface area contributed by atoms with Crippen molar-refractivity contribution in [3.05, 3.63) is 53.5 Å². The van der Waals surface area contributed by atoms with Gasteiger partial charge in [0.1, 0.15) is 11.9 Å². The van der Waals surface area contributed by atoms with Crippen LogP contribution in [0.4, 0.5) is 4.39 Å². The molecule has 2 rings (SSSR count). The zero-order valence-electron chi connectivity index (χ0n) is 9.09. The first-order valence-corrected chi connectivity index (χ1v) is 5.01. The number of aromatic carboxylic acids is 1. The van der Waals surface area contributed by atoms with E-state index in [-0.39, 0.29) is 11.1 Å². The fraction of sp³-hybridized carbons (Fsp3) is 0. The molecule has 0 unspecified atom stereocenters. The molecule has 1 aromatic heterocycles. The molecule has 0 aliphatic rings. The molecule has 0 bridgehead atoms. The van der Waals surface area contributed by atoms with E-state index in [0.717, 1.165) is 6.07 Å². The standard InChI is InChI=1S/C13H7FN2O2/c14-11-2-1-8(5-10(11)7-15)12-6-9(13(17)18)3-4-16-12/h1-6H,(H,17,18). The largest absolute Gasteiger partial charge is 0.478 e. The van der Waals surface area contributed by atoms with E-state index in [2.05, 4.69) is 4.98 Å². The summed E-state index contributed by atoms with van der Waals surface area (Å²) in [6.45, 7) is 0. The number of hydrogen-bond acceptors (Lipinski definition) is 3. The van der Waals surface area contributed by atoms with Crippen LogP contribution in [0.15, 0.2) is 36.5 Å². The summed E-state index contributed by atoms with van der Waals surface area (Å²) in [6, 6.07) is 8.40. The van der Waals surface area contributed by atoms with Gasteiger partial charge in [-0.25, -0.2) is 9.18 Å². The second kappa shape index (κ2) is 4.63. The molecule has 88 valence electrons. The summed E-state index contributed by atoms with van der Waals surface area (Å²) in [5.74, 6) is -1.68. The first kappa shape index (κ1) is 11.7. The number of pyridine rings is 1. The van der Waals surface area contributed by atoms with Crippen LogP contribution in [0.25, 0.3) is 11.3 Å². The highest BCUT2D eigenvalue weighted by molar-refractivity contribution is 5.88. The Morgan fingerprint density at radius 1 is 1.33 bits per heavy atom. The maximum absolute atomic E-state index is 13.2. The molecule has 0 radical (unpaired) electrons. The number of hydrogen-bond donors (Lipinski definition) is 1. The van der Waals surface area contributed by atoms with Crippen LogP contribution in [-0.4, -0.2) is 16.1 Å². The van der Waals surface area contributed by atoms with E-state index in [1.165, 1.54) is 30.5 Å². The van der Waals surface area contributed by atoms with E-state index in [1.54, 1.807) is 6.07 Å². The number of carboxylic acid groups (broad SMARTS) is 1. The van der Waals surface area contributed by atoms with Crippen molar-refractivity contribution >= 4 is 5.97 Å². The lowest BCUT2D eigenvalue weighted by molar-refractivity contribution is 0.0697. The van der Waals surface area contributed by atoms with Crippen molar-refractivity contribution in [2.45, 2.75) is 0 Å². The Morgan fingerprint density at radius 2 is 2.11 bits per heavy atom. The summed E-state index contributed by atoms with van der Waals surface area (Å²) >= 11 is 0. The summed E-state index contributed by atoms with van der Waals surface area (Å²) in [6.07, 6.45) is 1.36. The maximum Gasteiger partial charge on any atom is 0.335 e. The number of carbonyl (C=O) groups is 1. The third-order valence-electron chi connectivity index (χ3n) is 2.39. The van der Waals surface area contributed by atoms with Crippen molar-refractivity contribution in [1.82, 2.24) is 4.98 Å². The fourth-order valence-electron chi connectivity index (χ4n) is 1.49. The Morgan fingerprint density at radius 3 is 2.78 bits per heavy atom. The second-order valence-electron chi connectivity index (χ2n) is 3.54. The molecule has 4 nitrogen and oxygen atoms in total. The molecule has 2 aromatic rings. The molecule has 0 saturated heterocycles. The van der Waals surface area contributed by atoms with E-state index < -0.39 is 11.8 Å². The molecule has 1 N–H and O–H groups in total. The van der Waals surface area contributed by atoms with Crippen LogP contribution in [0.2, 0.25) is 0 Å². The predicted molar refractivity (Wildman–Crippen MR) is 61.3 cm³/mol. The maximum atomic E-state index is 13.2. The molecular weight excluding hydrogens is 235 g/mol. The van der Waals surface area contributed by atoms with E-state index in [1.807, 2.05) is 0 Å². The number of aromatic nitrogens is 1. The molecule has 0 fully saturated rings. The minimum atomic E-state index is -1.07. The lowest BCUT2D eigenvalue weighted by Crippen LogP contribution is -1.97. The van der Waals surface area contributed by atoms with Gasteiger partial charge in [0.25, 0.3) is 0 Å². The number of rotatable bonds is 2. The molecule has 0 aliphatic carbocycles. The summed E-state index contributed by atoms with van der Waals surface area (Å²) in [5, 5.41) is 17.6. The van der Waals surface area contributed by atoms with Crippen LogP contribution >= 0.6 is 0 Å². The van der Waals surface area contributed by atoms with Gasteiger partial charge in [-0.3, -0.25) is 4.98 Å². The lowest BCUT2D eigenvalue weighted by atomic mass is 10.1. The molecular formula is C13H7FN2O2. The number of benzene rings is 1. The predicted octanol–water partition coefficient (Wildman–Crippen LogP) is 2.46. The number of halogens is 1. The highest BCUT2D eigenvalue weighted by atomic mass is 19.1. The minimum absolute atomic E-state index is 0.0860. The van der Waals surface area contributed by atoms with E-state index >= 15 is 0 Å². The zero-order chi connectivity index (χ0) is 13.1. The summed E-state index contributed by atoms with van der Waals surface area (Å²) in [4.78, 5) is 14.8. The Hall–Kier alpha value is -2.74. The van der Waals surface area contributed by atoms with Crippen LogP contribution in [0.5, 0.6) is 0 Å². The van der Waals surface area contributed by atoms with E-state index in [4.69, 9.17) is 10.4 Å². The molecule has 1 heterocycles. The van der Waals surface area contributed by atoms with Crippen molar-refractivity contribution in [2.75, 3.05) is 0 Å². The number of carboxylic acids is 1. The average Bonchev–Trinajstić information content (AvgIpc) is 2.39. The van der Waals surface area contributed by atoms with E-state index in [0.29, 0.717) is 11.3 Å². The zero-order valence-corrected chi connectivity index (χ0v) is 9.09. The summed E-state index contributed by atoms with van der Waals surface area (Å²) in [5.41, 5.74) is 0.861. The second-order valence-corrected chi connectivity index (χ2v) is 3.54. The van der Waals surface area contributed by atoms with Crippen molar-refractivity contribution in [3.8, 4) is 17.3 Å². The van der Waals surface area contributed by atoms with Gasteiger partial charge < -0.3 is 5.11 Å². The smallest absolute Gasteiger partial charge is 0.335 e. The number of nitriles is 1. The highest BCUT2D eigenvalue weighted by Gasteiger charge is 2.08. The van der Waals surface area contributed by atoms with Gasteiger partial charge in [0.15, 0.2) is 0 Å². The van der Waals surface area contributed by atoms with Crippen molar-refractivity contribution in [2.24, 2.45) is 0 Å². The van der Waals surface area contributed by atoms with Crippen molar-refractivity contribution in [1.29, 1.82) is 5.26 Å². The van der Waals surface area contributed by atoms with Crippen LogP contribution in [0.1, 0.15) is 15.9 Å². The molecule has 0 saturated carbocycles. The molecule has 0 atom stereocenters. The van der Waals surface area contributed by atoms with Gasteiger partial charge in [-0.05, 0) is 30.3 Å². The van der Waals surface area contributed by atoms with Gasteiger partial charge in [-0.2, -0.15) is 5.26 Å². The number of nitrogens with zero attached hydrogens (tertiary/aromatic N) is 2. The summed E-state index contributed by atoms with van der Waals surface area (Å²) < 4.78 is 13.2. The average molecular weight is 242 g/mol. The third kappa shape index (κ3) is 2.18. The van der Waals surface area contributed by atoms with Gasteiger partial charge in [0.2, 0.25) is 0 Å². The summed E-state index contributed by atoms with van der Waals surface area (Å²) in [7, 11) is 0. The first-order valence-electron chi connectivity index (χ1n) is 5.01. The van der Waals surface area contributed by atoms with Gasteiger partial charge in [0, 0.05) is 11.8 Å². The third-order valence-corrected chi connectivity index (χ3v) is 2.39. The van der Waals surface area contributed by atoms with Crippen LogP contribution < -0.4 is 0 Å². The van der Waals surface area contributed by atoms with Gasteiger partial charge in [-0.15, -0.1) is 0 Å². The SMILES string of the molecule is N#Cc1cc(-c2cc(C(=O)O)ccn2)ccc1F. The molecule has 0 aliphatic heterocycles. The van der Waals surface area contributed by atoms with Gasteiger partial charge in [-0.1, -0.05) is 0 Å². The quantitative estimate of drug-likeness (QED) is 0.877. The lowest BCUT2D eigenvalue weighted by Gasteiger charge is -2.03. The monoisotopic (exact) mass is 242 g/mol. The van der Waals surface area contributed by atoms with Gasteiger partial charge in [0.05, 0.1) is 16.8 Å². The topological polar surface area (TPSA) is 74.0 Å². The van der Waals surface area contributed by atoms with Crippen LogP contribution in [0, 0.1) is 17.1 Å². The molecule has 0 spiro atoms. The molecule has 18 heavy (non-hydrogen) atoms. The Bertz CT molecular complexity index is 662. The van der Waals surface area contributed by atoms with Gasteiger partial charge >= 0.3 is 5.97 Å².